The molecule has 3 N–H and O–H groups in total. The SMILES string of the molecule is COC(=O)[C@]1(C)[C@@H]2[C@@H](O)C(=O)[C@H]3[C@@H](C)/C(=C/C(=O)O)CC[C@@H]3[C@@]2(C)CC[C@@H]1O. The highest BCUT2D eigenvalue weighted by atomic mass is 16.5. The van der Waals surface area contributed by atoms with Crippen molar-refractivity contribution in [3.8, 4) is 0 Å². The zero-order valence-electron chi connectivity index (χ0n) is 16.8. The molecule has 8 atom stereocenters. The Balaban J connectivity index is 2.09. The first-order chi connectivity index (χ1) is 13.0. The van der Waals surface area contributed by atoms with E-state index in [1.165, 1.54) is 13.2 Å². The Bertz CT molecular complexity index is 728. The van der Waals surface area contributed by atoms with Gasteiger partial charge < -0.3 is 20.1 Å². The van der Waals surface area contributed by atoms with Crippen LogP contribution in [-0.2, 0) is 19.1 Å². The molecular weight excluding hydrogens is 364 g/mol. The lowest BCUT2D eigenvalue weighted by molar-refractivity contribution is -0.217. The number of aliphatic hydroxyl groups is 2. The van der Waals surface area contributed by atoms with E-state index in [4.69, 9.17) is 9.84 Å². The van der Waals surface area contributed by atoms with E-state index in [1.54, 1.807) is 6.92 Å². The minimum Gasteiger partial charge on any atom is -0.478 e. The smallest absolute Gasteiger partial charge is 0.328 e. The number of carboxylic acids is 1. The second-order valence-electron chi connectivity index (χ2n) is 9.18. The molecule has 0 aliphatic heterocycles. The Hall–Kier alpha value is -1.73. The molecule has 0 aromatic heterocycles. The van der Waals surface area contributed by atoms with E-state index >= 15 is 0 Å². The van der Waals surface area contributed by atoms with Crippen molar-refractivity contribution in [1.82, 2.24) is 0 Å². The first kappa shape index (κ1) is 21.0. The largest absolute Gasteiger partial charge is 0.478 e. The Morgan fingerprint density at radius 1 is 1.21 bits per heavy atom. The van der Waals surface area contributed by atoms with E-state index in [9.17, 15) is 24.6 Å². The molecule has 0 heterocycles. The third-order valence-electron chi connectivity index (χ3n) is 8.02. The Labute approximate surface area is 164 Å². The fraction of sp³-hybridized carbons (Fsp3) is 0.762. The molecule has 0 aromatic carbocycles. The summed E-state index contributed by atoms with van der Waals surface area (Å²) in [4.78, 5) is 37.1. The van der Waals surface area contributed by atoms with Crippen molar-refractivity contribution >= 4 is 17.7 Å². The van der Waals surface area contributed by atoms with Gasteiger partial charge in [-0.3, -0.25) is 9.59 Å². The number of hydrogen-bond acceptors (Lipinski definition) is 6. The first-order valence-corrected chi connectivity index (χ1v) is 9.91. The Morgan fingerprint density at radius 2 is 1.86 bits per heavy atom. The number of fused-ring (bicyclic) bond motifs is 3. The van der Waals surface area contributed by atoms with Gasteiger partial charge in [0.15, 0.2) is 5.78 Å². The number of ketones is 1. The van der Waals surface area contributed by atoms with Gasteiger partial charge in [-0.15, -0.1) is 0 Å². The molecule has 3 fully saturated rings. The van der Waals surface area contributed by atoms with Gasteiger partial charge in [0.25, 0.3) is 0 Å². The van der Waals surface area contributed by atoms with Gasteiger partial charge in [0, 0.05) is 17.9 Å². The van der Waals surface area contributed by atoms with Crippen molar-refractivity contribution in [3.05, 3.63) is 11.6 Å². The van der Waals surface area contributed by atoms with E-state index < -0.39 is 46.8 Å². The number of aliphatic carboxylic acids is 1. The molecular formula is C21H30O7. The lowest BCUT2D eigenvalue weighted by Crippen LogP contribution is -2.68. The van der Waals surface area contributed by atoms with Crippen molar-refractivity contribution < 1.29 is 34.4 Å². The molecule has 0 aromatic rings. The van der Waals surface area contributed by atoms with Crippen LogP contribution in [0.5, 0.6) is 0 Å². The third-order valence-corrected chi connectivity index (χ3v) is 8.02. The van der Waals surface area contributed by atoms with Gasteiger partial charge in [0.2, 0.25) is 0 Å². The summed E-state index contributed by atoms with van der Waals surface area (Å²) in [6, 6.07) is 0. The fourth-order valence-corrected chi connectivity index (χ4v) is 6.60. The minimum absolute atomic E-state index is 0.0918. The minimum atomic E-state index is -1.41. The average Bonchev–Trinajstić information content (AvgIpc) is 2.63. The van der Waals surface area contributed by atoms with E-state index in [0.29, 0.717) is 31.3 Å². The monoisotopic (exact) mass is 394 g/mol. The normalized spacial score (nSPS) is 47.2. The van der Waals surface area contributed by atoms with Crippen LogP contribution in [0.1, 0.15) is 46.5 Å². The van der Waals surface area contributed by atoms with Gasteiger partial charge >= 0.3 is 11.9 Å². The number of rotatable bonds is 2. The summed E-state index contributed by atoms with van der Waals surface area (Å²) < 4.78 is 4.96. The van der Waals surface area contributed by atoms with Crippen LogP contribution in [0, 0.1) is 34.5 Å². The number of aliphatic hydroxyl groups excluding tert-OH is 2. The van der Waals surface area contributed by atoms with Crippen LogP contribution in [0.15, 0.2) is 11.6 Å². The van der Waals surface area contributed by atoms with Crippen molar-refractivity contribution in [1.29, 1.82) is 0 Å². The molecule has 3 aliphatic carbocycles. The highest BCUT2D eigenvalue weighted by molar-refractivity contribution is 5.90. The van der Waals surface area contributed by atoms with E-state index in [0.717, 1.165) is 0 Å². The summed E-state index contributed by atoms with van der Waals surface area (Å²) in [5.41, 5.74) is -1.20. The maximum Gasteiger partial charge on any atom is 0.328 e. The van der Waals surface area contributed by atoms with Crippen molar-refractivity contribution in [2.24, 2.45) is 34.5 Å². The average molecular weight is 394 g/mol. The second kappa shape index (κ2) is 6.95. The zero-order chi connectivity index (χ0) is 21.0. The third kappa shape index (κ3) is 2.74. The number of methoxy groups -OCH3 is 1. The standard InChI is InChI=1S/C21H30O7/c1-10-11(9-14(23)24)5-6-12-15(10)16(25)17(26)18-20(12,2)8-7-13(22)21(18,3)19(27)28-4/h9-10,12-13,15,17-18,22,26H,5-8H2,1-4H3,(H,23,24)/b11-9+/t10-,12-,13-,15-,17-,18+,20+,21-/m0/s1. The van der Waals surface area contributed by atoms with Crippen LogP contribution >= 0.6 is 0 Å². The number of carbonyl (C=O) groups excluding carboxylic acids is 2. The van der Waals surface area contributed by atoms with Gasteiger partial charge in [-0.25, -0.2) is 4.79 Å². The van der Waals surface area contributed by atoms with Crippen LogP contribution in [0.2, 0.25) is 0 Å². The highest BCUT2D eigenvalue weighted by Crippen LogP contribution is 2.64. The molecule has 0 spiro atoms. The predicted molar refractivity (Wildman–Crippen MR) is 99.1 cm³/mol. The molecule has 3 aliphatic rings. The van der Waals surface area contributed by atoms with Gasteiger partial charge in [-0.2, -0.15) is 0 Å². The Kier molecular flexibility index (Phi) is 5.21. The summed E-state index contributed by atoms with van der Waals surface area (Å²) in [5, 5.41) is 30.9. The number of carboxylic acid groups (broad SMARTS) is 1. The predicted octanol–water partition coefficient (Wildman–Crippen LogP) is 1.56. The van der Waals surface area contributed by atoms with Crippen molar-refractivity contribution in [2.75, 3.05) is 7.11 Å². The van der Waals surface area contributed by atoms with Gasteiger partial charge in [-0.05, 0) is 49.9 Å². The molecule has 0 amide bonds. The summed E-state index contributed by atoms with van der Waals surface area (Å²) in [6.07, 6.45) is 0.928. The van der Waals surface area contributed by atoms with Crippen molar-refractivity contribution in [2.45, 2.75) is 58.7 Å². The number of Topliss-reactive ketones (excluding diaryl/α,β-unsaturated/α-hetero) is 1. The number of esters is 1. The number of ether oxygens (including phenoxy) is 1. The van der Waals surface area contributed by atoms with E-state index in [1.807, 2.05) is 13.8 Å². The molecule has 0 unspecified atom stereocenters. The molecule has 0 radical (unpaired) electrons. The molecule has 156 valence electrons. The molecule has 28 heavy (non-hydrogen) atoms. The number of allylic oxidation sites excluding steroid dienone is 1. The van der Waals surface area contributed by atoms with E-state index in [2.05, 4.69) is 0 Å². The maximum absolute atomic E-state index is 13.2. The topological polar surface area (TPSA) is 121 Å². The summed E-state index contributed by atoms with van der Waals surface area (Å²) in [7, 11) is 1.25. The van der Waals surface area contributed by atoms with Gasteiger partial charge in [0.1, 0.15) is 6.10 Å². The molecule has 7 heteroatoms. The fourth-order valence-electron chi connectivity index (χ4n) is 6.60. The van der Waals surface area contributed by atoms with Crippen LogP contribution in [0.3, 0.4) is 0 Å². The van der Waals surface area contributed by atoms with Gasteiger partial charge in [0.05, 0.1) is 18.6 Å². The van der Waals surface area contributed by atoms with Crippen LogP contribution in [-0.4, -0.2) is 52.4 Å². The van der Waals surface area contributed by atoms with Crippen molar-refractivity contribution in [3.63, 3.8) is 0 Å². The summed E-state index contributed by atoms with van der Waals surface area (Å²) >= 11 is 0. The van der Waals surface area contributed by atoms with E-state index in [-0.39, 0.29) is 17.6 Å². The lowest BCUT2D eigenvalue weighted by Gasteiger charge is -2.62. The van der Waals surface area contributed by atoms with Crippen LogP contribution in [0.25, 0.3) is 0 Å². The molecule has 3 rings (SSSR count). The first-order valence-electron chi connectivity index (χ1n) is 9.91. The Morgan fingerprint density at radius 3 is 2.43 bits per heavy atom. The van der Waals surface area contributed by atoms with Crippen LogP contribution in [0.4, 0.5) is 0 Å². The quantitative estimate of drug-likeness (QED) is 0.480. The molecule has 7 nitrogen and oxygen atoms in total. The van der Waals surface area contributed by atoms with Crippen LogP contribution < -0.4 is 0 Å². The summed E-state index contributed by atoms with van der Waals surface area (Å²) in [6.45, 7) is 5.43. The number of hydrogen-bond donors (Lipinski definition) is 3. The number of carbonyl (C=O) groups is 3. The zero-order valence-corrected chi connectivity index (χ0v) is 16.8. The molecule has 0 saturated heterocycles. The highest BCUT2D eigenvalue weighted by Gasteiger charge is 2.68. The van der Waals surface area contributed by atoms with Gasteiger partial charge in [-0.1, -0.05) is 19.4 Å². The molecule has 3 saturated carbocycles. The second-order valence-corrected chi connectivity index (χ2v) is 9.18. The lowest BCUT2D eigenvalue weighted by atomic mass is 9.41. The summed E-state index contributed by atoms with van der Waals surface area (Å²) in [5.74, 6) is -3.63. The maximum atomic E-state index is 13.2. The molecule has 0 bridgehead atoms.